The van der Waals surface area contributed by atoms with Crippen LogP contribution in [0.25, 0.3) is 0 Å². The Hall–Kier alpha value is -1.82. The third-order valence-electron chi connectivity index (χ3n) is 5.98. The third kappa shape index (κ3) is 5.62. The highest BCUT2D eigenvalue weighted by atomic mass is 19.1. The molecular formula is C24H29F2NO2. The monoisotopic (exact) mass is 401 g/mol. The van der Waals surface area contributed by atoms with Crippen LogP contribution in [-0.2, 0) is 9.47 Å². The smallest absolute Gasteiger partial charge is 0.123 e. The molecule has 2 aromatic rings. The lowest BCUT2D eigenvalue weighted by Crippen LogP contribution is -2.24. The van der Waals surface area contributed by atoms with Gasteiger partial charge >= 0.3 is 0 Å². The number of hydrogen-bond acceptors (Lipinski definition) is 3. The predicted octanol–water partition coefficient (Wildman–Crippen LogP) is 5.48. The van der Waals surface area contributed by atoms with E-state index in [2.05, 4.69) is 5.32 Å². The summed E-state index contributed by atoms with van der Waals surface area (Å²) in [5, 5.41) is 3.50. The van der Waals surface area contributed by atoms with Crippen molar-refractivity contribution in [3.05, 3.63) is 71.3 Å². The number of ether oxygens (including phenoxy) is 2. The fourth-order valence-corrected chi connectivity index (χ4v) is 4.33. The molecule has 2 aliphatic heterocycles. The molecule has 1 N–H and O–H groups in total. The summed E-state index contributed by atoms with van der Waals surface area (Å²) >= 11 is 0. The first-order chi connectivity index (χ1) is 14.2. The van der Waals surface area contributed by atoms with Crippen LogP contribution in [0.2, 0.25) is 0 Å². The topological polar surface area (TPSA) is 30.5 Å². The molecular weight excluding hydrogens is 372 g/mol. The zero-order valence-electron chi connectivity index (χ0n) is 16.7. The zero-order chi connectivity index (χ0) is 20.1. The van der Waals surface area contributed by atoms with Crippen molar-refractivity contribution in [2.45, 2.75) is 62.9 Å². The minimum absolute atomic E-state index is 0.0934. The predicted molar refractivity (Wildman–Crippen MR) is 109 cm³/mol. The average Bonchev–Trinajstić information content (AvgIpc) is 3.39. The van der Waals surface area contributed by atoms with E-state index in [4.69, 9.17) is 9.47 Å². The van der Waals surface area contributed by atoms with Gasteiger partial charge in [-0.15, -0.1) is 0 Å². The average molecular weight is 401 g/mol. The molecule has 2 saturated heterocycles. The quantitative estimate of drug-likeness (QED) is 0.595. The molecule has 2 heterocycles. The summed E-state index contributed by atoms with van der Waals surface area (Å²) in [4.78, 5) is 0. The Morgan fingerprint density at radius 2 is 1.07 bits per heavy atom. The van der Waals surface area contributed by atoms with E-state index in [0.717, 1.165) is 62.7 Å². The molecule has 5 heteroatoms. The molecule has 0 amide bonds. The van der Waals surface area contributed by atoms with Crippen molar-refractivity contribution in [3.63, 3.8) is 0 Å². The Bertz CT molecular complexity index is 700. The highest BCUT2D eigenvalue weighted by Crippen LogP contribution is 2.35. The Morgan fingerprint density at radius 3 is 1.48 bits per heavy atom. The minimum atomic E-state index is -0.206. The van der Waals surface area contributed by atoms with Gasteiger partial charge in [0.2, 0.25) is 0 Å². The molecule has 0 aromatic heterocycles. The first kappa shape index (κ1) is 20.5. The van der Waals surface area contributed by atoms with E-state index >= 15 is 0 Å². The summed E-state index contributed by atoms with van der Waals surface area (Å²) in [5.74, 6) is -0.412. The molecule has 2 aliphatic rings. The molecule has 3 nitrogen and oxygen atoms in total. The molecule has 156 valence electrons. The van der Waals surface area contributed by atoms with Crippen molar-refractivity contribution in [1.82, 2.24) is 5.32 Å². The molecule has 4 atom stereocenters. The lowest BCUT2D eigenvalue weighted by molar-refractivity contribution is 0.0365. The SMILES string of the molecule is Fc1ccc(C2CCC(CCNCCC3CCC(c4ccc(F)cc4)O3)O2)cc1. The van der Waals surface area contributed by atoms with E-state index in [-0.39, 0.29) is 36.1 Å². The number of benzene rings is 2. The number of hydrogen-bond donors (Lipinski definition) is 1. The Labute approximate surface area is 171 Å². The summed E-state index contributed by atoms with van der Waals surface area (Å²) in [6, 6.07) is 13.3. The molecule has 4 rings (SSSR count). The van der Waals surface area contributed by atoms with Crippen molar-refractivity contribution in [2.75, 3.05) is 13.1 Å². The first-order valence-corrected chi connectivity index (χ1v) is 10.7. The maximum Gasteiger partial charge on any atom is 0.123 e. The van der Waals surface area contributed by atoms with Gasteiger partial charge in [0.1, 0.15) is 11.6 Å². The fourth-order valence-electron chi connectivity index (χ4n) is 4.33. The summed E-state index contributed by atoms with van der Waals surface area (Å²) in [6.07, 6.45) is 6.79. The van der Waals surface area contributed by atoms with Crippen molar-refractivity contribution < 1.29 is 18.3 Å². The van der Waals surface area contributed by atoms with Crippen LogP contribution in [-0.4, -0.2) is 25.3 Å². The highest BCUT2D eigenvalue weighted by molar-refractivity contribution is 5.20. The summed E-state index contributed by atoms with van der Waals surface area (Å²) < 4.78 is 38.4. The van der Waals surface area contributed by atoms with Gasteiger partial charge in [0, 0.05) is 0 Å². The molecule has 0 bridgehead atoms. The molecule has 29 heavy (non-hydrogen) atoms. The van der Waals surface area contributed by atoms with Crippen LogP contribution in [0.15, 0.2) is 48.5 Å². The van der Waals surface area contributed by atoms with E-state index in [1.54, 1.807) is 0 Å². The van der Waals surface area contributed by atoms with E-state index in [9.17, 15) is 8.78 Å². The summed E-state index contributed by atoms with van der Waals surface area (Å²) in [5.41, 5.74) is 2.13. The number of halogens is 2. The second-order valence-electron chi connectivity index (χ2n) is 8.08. The van der Waals surface area contributed by atoms with Crippen LogP contribution in [0, 0.1) is 11.6 Å². The van der Waals surface area contributed by atoms with Gasteiger partial charge in [0.15, 0.2) is 0 Å². The minimum Gasteiger partial charge on any atom is -0.370 e. The van der Waals surface area contributed by atoms with Gasteiger partial charge in [-0.05, 0) is 87.0 Å². The lowest BCUT2D eigenvalue weighted by atomic mass is 10.1. The first-order valence-electron chi connectivity index (χ1n) is 10.7. The lowest BCUT2D eigenvalue weighted by Gasteiger charge is -2.16. The largest absolute Gasteiger partial charge is 0.370 e. The van der Waals surface area contributed by atoms with Crippen LogP contribution in [0.1, 0.15) is 61.9 Å². The second kappa shape index (κ2) is 9.79. The highest BCUT2D eigenvalue weighted by Gasteiger charge is 2.27. The molecule has 2 fully saturated rings. The van der Waals surface area contributed by atoms with E-state index in [0.29, 0.717) is 0 Å². The van der Waals surface area contributed by atoms with Gasteiger partial charge < -0.3 is 14.8 Å². The molecule has 0 spiro atoms. The maximum absolute atomic E-state index is 13.1. The van der Waals surface area contributed by atoms with Crippen molar-refractivity contribution in [1.29, 1.82) is 0 Å². The van der Waals surface area contributed by atoms with E-state index < -0.39 is 0 Å². The van der Waals surface area contributed by atoms with Gasteiger partial charge in [-0.1, -0.05) is 24.3 Å². The van der Waals surface area contributed by atoms with Gasteiger partial charge in [0.25, 0.3) is 0 Å². The normalized spacial score (nSPS) is 26.8. The molecule has 0 aliphatic carbocycles. The van der Waals surface area contributed by atoms with Gasteiger partial charge in [-0.3, -0.25) is 0 Å². The fraction of sp³-hybridized carbons (Fsp3) is 0.500. The maximum atomic E-state index is 13.1. The van der Waals surface area contributed by atoms with Crippen molar-refractivity contribution in [2.24, 2.45) is 0 Å². The summed E-state index contributed by atoms with van der Waals surface area (Å²) in [6.45, 7) is 1.85. The van der Waals surface area contributed by atoms with Gasteiger partial charge in [-0.25, -0.2) is 8.78 Å². The third-order valence-corrected chi connectivity index (χ3v) is 5.98. The Kier molecular flexibility index (Phi) is 6.90. The van der Waals surface area contributed by atoms with E-state index in [1.165, 1.54) is 24.3 Å². The Balaban J connectivity index is 1.10. The van der Waals surface area contributed by atoms with Crippen molar-refractivity contribution in [3.8, 4) is 0 Å². The van der Waals surface area contributed by atoms with Crippen LogP contribution in [0.3, 0.4) is 0 Å². The van der Waals surface area contributed by atoms with Crippen LogP contribution < -0.4 is 5.32 Å². The zero-order valence-corrected chi connectivity index (χ0v) is 16.7. The molecule has 0 radical (unpaired) electrons. The number of rotatable bonds is 8. The van der Waals surface area contributed by atoms with Crippen LogP contribution >= 0.6 is 0 Å². The Morgan fingerprint density at radius 1 is 0.655 bits per heavy atom. The molecule has 0 saturated carbocycles. The van der Waals surface area contributed by atoms with Crippen LogP contribution in [0.5, 0.6) is 0 Å². The van der Waals surface area contributed by atoms with Crippen LogP contribution in [0.4, 0.5) is 8.78 Å². The number of nitrogens with one attached hydrogen (secondary N) is 1. The van der Waals surface area contributed by atoms with E-state index in [1.807, 2.05) is 24.3 Å². The standard InChI is InChI=1S/C24H29F2NO2/c25-19-5-1-17(2-6-19)23-11-9-21(28-23)13-15-27-16-14-22-10-12-24(29-22)18-3-7-20(26)8-4-18/h1-8,21-24,27H,9-16H2. The summed E-state index contributed by atoms with van der Waals surface area (Å²) in [7, 11) is 0. The van der Waals surface area contributed by atoms with Gasteiger partial charge in [-0.2, -0.15) is 0 Å². The molecule has 4 unspecified atom stereocenters. The molecule has 2 aromatic carbocycles. The van der Waals surface area contributed by atoms with Crippen molar-refractivity contribution >= 4 is 0 Å². The van der Waals surface area contributed by atoms with Gasteiger partial charge in [0.05, 0.1) is 24.4 Å². The second-order valence-corrected chi connectivity index (χ2v) is 8.08.